The molecule has 0 aliphatic rings. The number of H-pyrrole nitrogens is 1. The Balaban J connectivity index is 2.11. The standard InChI is InChI=1S/C13H17N3OS/c1-3-8-16-12(17)14-15-13(16)18-9-11-7-5-4-6-10(11)2/h4-7H,3,8-9H2,1-2H3,(H,14,17). The lowest BCUT2D eigenvalue weighted by Gasteiger charge is -2.05. The normalized spacial score (nSPS) is 10.8. The van der Waals surface area contributed by atoms with Crippen LogP contribution in [0.2, 0.25) is 0 Å². The minimum atomic E-state index is -0.121. The summed E-state index contributed by atoms with van der Waals surface area (Å²) in [4.78, 5) is 11.5. The Labute approximate surface area is 110 Å². The maximum atomic E-state index is 11.5. The van der Waals surface area contributed by atoms with Crippen LogP contribution in [0.1, 0.15) is 24.5 Å². The van der Waals surface area contributed by atoms with E-state index in [0.717, 1.165) is 17.3 Å². The zero-order valence-electron chi connectivity index (χ0n) is 10.6. The van der Waals surface area contributed by atoms with Gasteiger partial charge < -0.3 is 0 Å². The zero-order chi connectivity index (χ0) is 13.0. The molecule has 18 heavy (non-hydrogen) atoms. The molecule has 0 saturated heterocycles. The third-order valence-electron chi connectivity index (χ3n) is 2.79. The van der Waals surface area contributed by atoms with Gasteiger partial charge in [-0.05, 0) is 24.5 Å². The fourth-order valence-corrected chi connectivity index (χ4v) is 2.80. The highest BCUT2D eigenvalue weighted by Crippen LogP contribution is 2.21. The van der Waals surface area contributed by atoms with Gasteiger partial charge in [-0.1, -0.05) is 43.0 Å². The van der Waals surface area contributed by atoms with E-state index >= 15 is 0 Å². The number of hydrogen-bond donors (Lipinski definition) is 1. The molecule has 2 aromatic rings. The summed E-state index contributed by atoms with van der Waals surface area (Å²) in [5.41, 5.74) is 2.43. The van der Waals surface area contributed by atoms with Crippen LogP contribution in [0.15, 0.2) is 34.2 Å². The molecular formula is C13H17N3OS. The highest BCUT2D eigenvalue weighted by atomic mass is 32.2. The summed E-state index contributed by atoms with van der Waals surface area (Å²) in [5.74, 6) is 0.834. The van der Waals surface area contributed by atoms with Crippen LogP contribution in [-0.2, 0) is 12.3 Å². The van der Waals surface area contributed by atoms with Gasteiger partial charge in [0, 0.05) is 12.3 Å². The summed E-state index contributed by atoms with van der Waals surface area (Å²) < 4.78 is 1.70. The molecule has 1 aromatic carbocycles. The second-order valence-corrected chi connectivity index (χ2v) is 5.12. The van der Waals surface area contributed by atoms with Crippen molar-refractivity contribution < 1.29 is 0 Å². The van der Waals surface area contributed by atoms with Crippen molar-refractivity contribution >= 4 is 11.8 Å². The topological polar surface area (TPSA) is 50.7 Å². The van der Waals surface area contributed by atoms with Gasteiger partial charge in [-0.3, -0.25) is 4.57 Å². The molecule has 1 N–H and O–H groups in total. The molecule has 0 radical (unpaired) electrons. The SMILES string of the molecule is CCCn1c(SCc2ccccc2C)n[nH]c1=O. The van der Waals surface area contributed by atoms with Gasteiger partial charge >= 0.3 is 5.69 Å². The average Bonchev–Trinajstić information content (AvgIpc) is 2.71. The molecule has 0 saturated carbocycles. The minimum Gasteiger partial charge on any atom is -0.270 e. The lowest BCUT2D eigenvalue weighted by molar-refractivity contribution is 0.604. The van der Waals surface area contributed by atoms with Crippen molar-refractivity contribution in [2.75, 3.05) is 0 Å². The van der Waals surface area contributed by atoms with Crippen LogP contribution in [0.25, 0.3) is 0 Å². The lowest BCUT2D eigenvalue weighted by atomic mass is 10.1. The fraction of sp³-hybridized carbons (Fsp3) is 0.385. The van der Waals surface area contributed by atoms with Crippen molar-refractivity contribution in [3.05, 3.63) is 45.9 Å². The van der Waals surface area contributed by atoms with Crippen LogP contribution in [0.3, 0.4) is 0 Å². The number of rotatable bonds is 5. The number of thioether (sulfide) groups is 1. The molecule has 0 aliphatic carbocycles. The molecule has 0 atom stereocenters. The first-order chi connectivity index (χ1) is 8.72. The maximum absolute atomic E-state index is 11.5. The van der Waals surface area contributed by atoms with E-state index in [0.29, 0.717) is 6.54 Å². The van der Waals surface area contributed by atoms with Crippen molar-refractivity contribution in [1.29, 1.82) is 0 Å². The van der Waals surface area contributed by atoms with Crippen LogP contribution >= 0.6 is 11.8 Å². The number of benzene rings is 1. The Morgan fingerprint density at radius 3 is 2.89 bits per heavy atom. The smallest absolute Gasteiger partial charge is 0.270 e. The summed E-state index contributed by atoms with van der Waals surface area (Å²) in [6.45, 7) is 4.86. The van der Waals surface area contributed by atoms with Crippen LogP contribution in [0.5, 0.6) is 0 Å². The van der Waals surface area contributed by atoms with Crippen LogP contribution in [-0.4, -0.2) is 14.8 Å². The predicted octanol–water partition coefficient (Wildman–Crippen LogP) is 2.58. The number of aromatic nitrogens is 3. The Morgan fingerprint density at radius 2 is 2.17 bits per heavy atom. The van der Waals surface area contributed by atoms with Gasteiger partial charge in [0.15, 0.2) is 5.16 Å². The first kappa shape index (κ1) is 13.0. The quantitative estimate of drug-likeness (QED) is 0.844. The molecule has 2 rings (SSSR count). The first-order valence-corrected chi connectivity index (χ1v) is 7.03. The van der Waals surface area contributed by atoms with Crippen molar-refractivity contribution in [2.24, 2.45) is 0 Å². The Bertz CT molecular complexity index is 574. The molecule has 0 unspecified atom stereocenters. The molecule has 0 amide bonds. The second kappa shape index (κ2) is 5.91. The highest BCUT2D eigenvalue weighted by Gasteiger charge is 2.08. The molecule has 0 bridgehead atoms. The molecular weight excluding hydrogens is 246 g/mol. The molecule has 5 heteroatoms. The summed E-state index contributed by atoms with van der Waals surface area (Å²) in [6, 6.07) is 8.27. The van der Waals surface area contributed by atoms with Gasteiger partial charge in [-0.25, -0.2) is 9.89 Å². The average molecular weight is 263 g/mol. The minimum absolute atomic E-state index is 0.121. The molecule has 0 spiro atoms. The Morgan fingerprint density at radius 1 is 1.39 bits per heavy atom. The van der Waals surface area contributed by atoms with Gasteiger partial charge in [0.1, 0.15) is 0 Å². The first-order valence-electron chi connectivity index (χ1n) is 6.05. The Hall–Kier alpha value is -1.49. The third-order valence-corrected chi connectivity index (χ3v) is 3.81. The van der Waals surface area contributed by atoms with Crippen molar-refractivity contribution in [1.82, 2.24) is 14.8 Å². The number of aromatic amines is 1. The number of hydrogen-bond acceptors (Lipinski definition) is 3. The van der Waals surface area contributed by atoms with E-state index in [1.54, 1.807) is 16.3 Å². The number of aryl methyl sites for hydroxylation is 1. The van der Waals surface area contributed by atoms with Gasteiger partial charge in [0.05, 0.1) is 0 Å². The van der Waals surface area contributed by atoms with Crippen molar-refractivity contribution in [3.8, 4) is 0 Å². The van der Waals surface area contributed by atoms with Crippen molar-refractivity contribution in [3.63, 3.8) is 0 Å². The van der Waals surface area contributed by atoms with Crippen LogP contribution in [0.4, 0.5) is 0 Å². The van der Waals surface area contributed by atoms with Gasteiger partial charge in [-0.15, -0.1) is 5.10 Å². The fourth-order valence-electron chi connectivity index (χ4n) is 1.75. The summed E-state index contributed by atoms with van der Waals surface area (Å²) in [5, 5.41) is 7.35. The van der Waals surface area contributed by atoms with E-state index in [1.807, 2.05) is 12.1 Å². The highest BCUT2D eigenvalue weighted by molar-refractivity contribution is 7.98. The van der Waals surface area contributed by atoms with Crippen molar-refractivity contribution in [2.45, 2.75) is 37.7 Å². The van der Waals surface area contributed by atoms with Crippen LogP contribution < -0.4 is 5.69 Å². The van der Waals surface area contributed by atoms with Gasteiger partial charge in [0.25, 0.3) is 0 Å². The zero-order valence-corrected chi connectivity index (χ0v) is 11.5. The summed E-state index contributed by atoms with van der Waals surface area (Å²) in [6.07, 6.45) is 0.928. The number of nitrogens with one attached hydrogen (secondary N) is 1. The molecule has 0 fully saturated rings. The molecule has 1 heterocycles. The van der Waals surface area contributed by atoms with E-state index in [2.05, 4.69) is 36.2 Å². The van der Waals surface area contributed by atoms with E-state index in [-0.39, 0.29) is 5.69 Å². The van der Waals surface area contributed by atoms with Gasteiger partial charge in [-0.2, -0.15) is 0 Å². The van der Waals surface area contributed by atoms with E-state index < -0.39 is 0 Å². The molecule has 1 aromatic heterocycles. The third kappa shape index (κ3) is 2.85. The van der Waals surface area contributed by atoms with E-state index in [4.69, 9.17) is 0 Å². The number of nitrogens with zero attached hydrogens (tertiary/aromatic N) is 2. The molecule has 4 nitrogen and oxygen atoms in total. The molecule has 0 aliphatic heterocycles. The summed E-state index contributed by atoms with van der Waals surface area (Å²) >= 11 is 1.60. The lowest BCUT2D eigenvalue weighted by Crippen LogP contribution is -2.17. The van der Waals surface area contributed by atoms with Crippen LogP contribution in [0, 0.1) is 6.92 Å². The summed E-state index contributed by atoms with van der Waals surface area (Å²) in [7, 11) is 0. The van der Waals surface area contributed by atoms with Gasteiger partial charge in [0.2, 0.25) is 0 Å². The monoisotopic (exact) mass is 263 g/mol. The maximum Gasteiger partial charge on any atom is 0.343 e. The predicted molar refractivity (Wildman–Crippen MR) is 73.9 cm³/mol. The van der Waals surface area contributed by atoms with E-state index in [1.165, 1.54) is 11.1 Å². The van der Waals surface area contributed by atoms with E-state index in [9.17, 15) is 4.79 Å². The molecule has 96 valence electrons. The second-order valence-electron chi connectivity index (χ2n) is 4.18. The Kier molecular flexibility index (Phi) is 4.25. The largest absolute Gasteiger partial charge is 0.343 e.